The van der Waals surface area contributed by atoms with Crippen LogP contribution < -0.4 is 10.6 Å². The van der Waals surface area contributed by atoms with E-state index in [0.29, 0.717) is 25.7 Å². The summed E-state index contributed by atoms with van der Waals surface area (Å²) in [6.07, 6.45) is 9.40. The standard InChI is InChI=1S/C27H38N2O5/c1-20-18-28-25(32)22(17-24(31)29-27(19-30)14-8-9-15-27)12-6-3-7-13-23(26(33)34-20)16-21-10-4-2-5-11-21/h2-6,10-11,20,22-23,30H,7-9,12-19H2,1H3,(H,28,32)(H,29,31). The molecule has 3 rings (SSSR count). The van der Waals surface area contributed by atoms with Gasteiger partial charge in [-0.25, -0.2) is 0 Å². The monoisotopic (exact) mass is 470 g/mol. The van der Waals surface area contributed by atoms with Gasteiger partial charge in [0.15, 0.2) is 0 Å². The highest BCUT2D eigenvalue weighted by atomic mass is 16.5. The highest BCUT2D eigenvalue weighted by Gasteiger charge is 2.35. The number of carbonyl (C=O) groups excluding carboxylic acids is 3. The van der Waals surface area contributed by atoms with Crippen LogP contribution in [-0.4, -0.2) is 47.7 Å². The van der Waals surface area contributed by atoms with Gasteiger partial charge < -0.3 is 20.5 Å². The lowest BCUT2D eigenvalue weighted by Crippen LogP contribution is -2.50. The molecule has 1 aliphatic carbocycles. The molecule has 0 aromatic heterocycles. The molecule has 3 atom stereocenters. The summed E-state index contributed by atoms with van der Waals surface area (Å²) in [6, 6.07) is 9.90. The van der Waals surface area contributed by atoms with Gasteiger partial charge >= 0.3 is 5.97 Å². The first-order valence-corrected chi connectivity index (χ1v) is 12.5. The number of cyclic esters (lactones) is 1. The third kappa shape index (κ3) is 7.69. The molecule has 34 heavy (non-hydrogen) atoms. The summed E-state index contributed by atoms with van der Waals surface area (Å²) in [5.74, 6) is -1.46. The number of carbonyl (C=O) groups is 3. The third-order valence-corrected chi connectivity index (χ3v) is 6.88. The lowest BCUT2D eigenvalue weighted by atomic mass is 9.94. The summed E-state index contributed by atoms with van der Waals surface area (Å²) >= 11 is 0. The zero-order valence-electron chi connectivity index (χ0n) is 20.1. The smallest absolute Gasteiger partial charge is 0.309 e. The van der Waals surface area contributed by atoms with E-state index in [9.17, 15) is 19.5 Å². The molecule has 3 unspecified atom stereocenters. The van der Waals surface area contributed by atoms with Crippen LogP contribution in [0, 0.1) is 11.8 Å². The summed E-state index contributed by atoms with van der Waals surface area (Å²) < 4.78 is 5.65. The number of ether oxygens (including phenoxy) is 1. The number of hydrogen-bond acceptors (Lipinski definition) is 5. The summed E-state index contributed by atoms with van der Waals surface area (Å²) in [5, 5.41) is 15.6. The first kappa shape index (κ1) is 25.9. The number of rotatable bonds is 6. The molecule has 0 spiro atoms. The predicted molar refractivity (Wildman–Crippen MR) is 130 cm³/mol. The highest BCUT2D eigenvalue weighted by molar-refractivity contribution is 5.86. The van der Waals surface area contributed by atoms with Crippen LogP contribution in [-0.2, 0) is 25.5 Å². The van der Waals surface area contributed by atoms with Crippen molar-refractivity contribution >= 4 is 17.8 Å². The van der Waals surface area contributed by atoms with Gasteiger partial charge in [-0.15, -0.1) is 0 Å². The molecule has 1 aliphatic heterocycles. The number of benzene rings is 1. The number of nitrogens with one attached hydrogen (secondary N) is 2. The average Bonchev–Trinajstić information content (AvgIpc) is 3.29. The van der Waals surface area contributed by atoms with E-state index in [1.165, 1.54) is 0 Å². The SMILES string of the molecule is CC1CNC(=O)C(CC(=O)NC2(CO)CCCC2)CC=CCCC(Cc2ccccc2)C(=O)O1. The first-order chi connectivity index (χ1) is 16.4. The highest BCUT2D eigenvalue weighted by Crippen LogP contribution is 2.29. The number of allylic oxidation sites excluding steroid dienone is 2. The van der Waals surface area contributed by atoms with Crippen molar-refractivity contribution in [3.8, 4) is 0 Å². The van der Waals surface area contributed by atoms with Crippen LogP contribution in [0.4, 0.5) is 0 Å². The minimum absolute atomic E-state index is 0.0583. The molecular weight excluding hydrogens is 432 g/mol. The number of aliphatic hydroxyl groups excluding tert-OH is 1. The van der Waals surface area contributed by atoms with Crippen LogP contribution in [0.3, 0.4) is 0 Å². The van der Waals surface area contributed by atoms with E-state index < -0.39 is 17.6 Å². The fraction of sp³-hybridized carbons (Fsp3) is 0.593. The predicted octanol–water partition coefficient (Wildman–Crippen LogP) is 3.06. The van der Waals surface area contributed by atoms with Gasteiger partial charge in [0, 0.05) is 6.42 Å². The molecule has 1 aromatic carbocycles. The van der Waals surface area contributed by atoms with Gasteiger partial charge in [-0.2, -0.15) is 0 Å². The van der Waals surface area contributed by atoms with E-state index in [1.54, 1.807) is 6.92 Å². The Kier molecular flexibility index (Phi) is 9.69. The van der Waals surface area contributed by atoms with Crippen molar-refractivity contribution in [2.24, 2.45) is 11.8 Å². The largest absolute Gasteiger partial charge is 0.461 e. The Balaban J connectivity index is 1.63. The molecular formula is C27H38N2O5. The van der Waals surface area contributed by atoms with Crippen LogP contribution in [0.5, 0.6) is 0 Å². The molecule has 0 saturated heterocycles. The van der Waals surface area contributed by atoms with Gasteiger partial charge in [0.2, 0.25) is 11.8 Å². The zero-order valence-corrected chi connectivity index (χ0v) is 20.1. The maximum Gasteiger partial charge on any atom is 0.309 e. The summed E-state index contributed by atoms with van der Waals surface area (Å²) in [6.45, 7) is 1.88. The maximum atomic E-state index is 12.9. The van der Waals surface area contributed by atoms with Crippen molar-refractivity contribution in [1.29, 1.82) is 0 Å². The van der Waals surface area contributed by atoms with E-state index in [0.717, 1.165) is 31.2 Å². The maximum absolute atomic E-state index is 12.9. The second-order valence-corrected chi connectivity index (χ2v) is 9.76. The Morgan fingerprint density at radius 2 is 1.88 bits per heavy atom. The Hall–Kier alpha value is -2.67. The molecule has 7 heteroatoms. The van der Waals surface area contributed by atoms with E-state index in [2.05, 4.69) is 10.6 Å². The molecule has 186 valence electrons. The molecule has 3 N–H and O–H groups in total. The normalized spacial score (nSPS) is 25.9. The lowest BCUT2D eigenvalue weighted by molar-refractivity contribution is -0.153. The van der Waals surface area contributed by atoms with Gasteiger partial charge in [-0.3, -0.25) is 14.4 Å². The van der Waals surface area contributed by atoms with Crippen molar-refractivity contribution in [3.05, 3.63) is 48.0 Å². The Morgan fingerprint density at radius 1 is 1.15 bits per heavy atom. The van der Waals surface area contributed by atoms with Crippen LogP contribution in [0.1, 0.15) is 63.9 Å². The van der Waals surface area contributed by atoms with Crippen molar-refractivity contribution in [1.82, 2.24) is 10.6 Å². The van der Waals surface area contributed by atoms with E-state index in [4.69, 9.17) is 4.74 Å². The van der Waals surface area contributed by atoms with Crippen molar-refractivity contribution in [3.63, 3.8) is 0 Å². The number of aliphatic hydroxyl groups is 1. The van der Waals surface area contributed by atoms with Crippen LogP contribution in [0.15, 0.2) is 42.5 Å². The molecule has 7 nitrogen and oxygen atoms in total. The van der Waals surface area contributed by atoms with E-state index in [-0.39, 0.29) is 43.3 Å². The van der Waals surface area contributed by atoms with E-state index in [1.807, 2.05) is 42.5 Å². The first-order valence-electron chi connectivity index (χ1n) is 12.5. The van der Waals surface area contributed by atoms with Crippen LogP contribution >= 0.6 is 0 Å². The summed E-state index contributed by atoms with van der Waals surface area (Å²) in [5.41, 5.74) is 0.538. The second kappa shape index (κ2) is 12.7. The lowest BCUT2D eigenvalue weighted by Gasteiger charge is -2.28. The van der Waals surface area contributed by atoms with Crippen molar-refractivity contribution < 1.29 is 24.2 Å². The Labute approximate surface area is 202 Å². The quantitative estimate of drug-likeness (QED) is 0.438. The molecule has 2 aliphatic rings. The topological polar surface area (TPSA) is 105 Å². The molecule has 1 saturated carbocycles. The van der Waals surface area contributed by atoms with E-state index >= 15 is 0 Å². The van der Waals surface area contributed by atoms with Gasteiger partial charge in [-0.1, -0.05) is 55.3 Å². The van der Waals surface area contributed by atoms with Gasteiger partial charge in [-0.05, 0) is 51.0 Å². The number of hydrogen-bond donors (Lipinski definition) is 3. The summed E-state index contributed by atoms with van der Waals surface area (Å²) in [4.78, 5) is 38.4. The zero-order chi connectivity index (χ0) is 24.4. The van der Waals surface area contributed by atoms with Crippen molar-refractivity contribution in [2.75, 3.05) is 13.2 Å². The molecule has 0 radical (unpaired) electrons. The van der Waals surface area contributed by atoms with Gasteiger partial charge in [0.05, 0.1) is 30.5 Å². The van der Waals surface area contributed by atoms with Crippen LogP contribution in [0.25, 0.3) is 0 Å². The second-order valence-electron chi connectivity index (χ2n) is 9.76. The van der Waals surface area contributed by atoms with Crippen LogP contribution in [0.2, 0.25) is 0 Å². The molecule has 2 amide bonds. The summed E-state index contributed by atoms with van der Waals surface area (Å²) in [7, 11) is 0. The number of esters is 1. The Bertz CT molecular complexity index is 848. The fourth-order valence-corrected chi connectivity index (χ4v) is 4.83. The minimum Gasteiger partial charge on any atom is -0.461 e. The Morgan fingerprint density at radius 3 is 2.59 bits per heavy atom. The molecule has 1 heterocycles. The molecule has 1 fully saturated rings. The third-order valence-electron chi connectivity index (χ3n) is 6.88. The van der Waals surface area contributed by atoms with Crippen molar-refractivity contribution in [2.45, 2.75) is 76.4 Å². The average molecular weight is 471 g/mol. The fourth-order valence-electron chi connectivity index (χ4n) is 4.83. The van der Waals surface area contributed by atoms with Gasteiger partial charge in [0.1, 0.15) is 6.10 Å². The number of amides is 2. The minimum atomic E-state index is -0.552. The van der Waals surface area contributed by atoms with Gasteiger partial charge in [0.25, 0.3) is 0 Å². The molecule has 0 bridgehead atoms. The molecule has 1 aromatic rings.